The van der Waals surface area contributed by atoms with Crippen molar-refractivity contribution in [2.75, 3.05) is 0 Å². The first-order valence-corrected chi connectivity index (χ1v) is 9.81. The van der Waals surface area contributed by atoms with Gasteiger partial charge in [-0.1, -0.05) is 97.1 Å². The molecule has 128 valence electrons. The van der Waals surface area contributed by atoms with Crippen molar-refractivity contribution in [2.45, 2.75) is 0 Å². The molecule has 0 fully saturated rings. The Morgan fingerprint density at radius 2 is 0.393 bits per heavy atom. The molecule has 0 saturated heterocycles. The van der Waals surface area contributed by atoms with E-state index in [0.29, 0.717) is 0 Å². The highest BCUT2D eigenvalue weighted by Gasteiger charge is 2.16. The number of benzene rings is 6. The van der Waals surface area contributed by atoms with E-state index < -0.39 is 0 Å². The van der Waals surface area contributed by atoms with E-state index in [0.717, 1.165) is 0 Å². The lowest BCUT2D eigenvalue weighted by molar-refractivity contribution is 1.40. The Morgan fingerprint density at radius 1 is 0.214 bits per heavy atom. The van der Waals surface area contributed by atoms with Crippen LogP contribution in [-0.4, -0.2) is 0 Å². The van der Waals surface area contributed by atoms with Gasteiger partial charge >= 0.3 is 0 Å². The Labute approximate surface area is 161 Å². The van der Waals surface area contributed by atoms with Crippen LogP contribution in [0.4, 0.5) is 0 Å². The Kier molecular flexibility index (Phi) is 2.57. The number of rotatable bonds is 0. The lowest BCUT2D eigenvalue weighted by Crippen LogP contribution is -1.98. The van der Waals surface area contributed by atoms with Crippen molar-refractivity contribution < 1.29 is 0 Å². The minimum absolute atomic E-state index is 1.35. The first-order valence-electron chi connectivity index (χ1n) is 9.81. The maximum atomic E-state index is 2.29. The molecule has 0 bridgehead atoms. The smallest absolute Gasteiger partial charge is 0.000718 e. The van der Waals surface area contributed by atoms with Crippen molar-refractivity contribution in [2.24, 2.45) is 0 Å². The predicted octanol–water partition coefficient (Wildman–Crippen LogP) is 7.19. The molecule has 0 atom stereocenters. The molecule has 6 aromatic carbocycles. The van der Waals surface area contributed by atoms with Crippen LogP contribution in [0.2, 0.25) is 0 Å². The van der Waals surface area contributed by atoms with E-state index >= 15 is 0 Å². The molecule has 1 aliphatic rings. The van der Waals surface area contributed by atoms with E-state index in [2.05, 4.69) is 97.1 Å². The third kappa shape index (κ3) is 1.58. The Hall–Kier alpha value is -3.64. The zero-order valence-electron chi connectivity index (χ0n) is 15.2. The average Bonchev–Trinajstić information content (AvgIpc) is 2.75. The standard InChI is InChI=1S/C28H16/c1-5-13-21-17(9-1)18-10-2-6-14-22(18)26-25(21)27-23-15-7-3-11-19(23)20-12-4-8-16-24(20)28(26)27/h1-16H. The summed E-state index contributed by atoms with van der Waals surface area (Å²) in [6.45, 7) is 0. The van der Waals surface area contributed by atoms with Crippen molar-refractivity contribution in [1.29, 1.82) is 0 Å². The molecule has 0 amide bonds. The zero-order chi connectivity index (χ0) is 18.2. The minimum Gasteiger partial charge on any atom is -0.0616 e. The van der Waals surface area contributed by atoms with Crippen LogP contribution in [0.3, 0.4) is 0 Å². The maximum Gasteiger partial charge on any atom is -0.000718 e. The van der Waals surface area contributed by atoms with E-state index in [-0.39, 0.29) is 0 Å². The zero-order valence-corrected chi connectivity index (χ0v) is 15.2. The van der Waals surface area contributed by atoms with E-state index in [1.54, 1.807) is 0 Å². The van der Waals surface area contributed by atoms with E-state index in [9.17, 15) is 0 Å². The quantitative estimate of drug-likeness (QED) is 0.253. The summed E-state index contributed by atoms with van der Waals surface area (Å²) in [7, 11) is 0. The van der Waals surface area contributed by atoms with Gasteiger partial charge in [-0.15, -0.1) is 0 Å². The van der Waals surface area contributed by atoms with Crippen LogP contribution in [0.1, 0.15) is 0 Å². The molecule has 0 heteroatoms. The molecule has 0 unspecified atom stereocenters. The Morgan fingerprint density at radius 3 is 0.607 bits per heavy atom. The fourth-order valence-electron chi connectivity index (χ4n) is 5.26. The van der Waals surface area contributed by atoms with Crippen molar-refractivity contribution in [3.63, 3.8) is 0 Å². The summed E-state index contributed by atoms with van der Waals surface area (Å²) < 4.78 is 0. The van der Waals surface area contributed by atoms with Gasteiger partial charge in [-0.05, 0) is 64.0 Å². The SMILES string of the molecule is c1ccc2c(c1)c1c(c3ccccc32)=c2c=1c1ccccc1c1ccccc21. The van der Waals surface area contributed by atoms with Crippen LogP contribution < -0.4 is 0 Å². The van der Waals surface area contributed by atoms with Gasteiger partial charge in [0, 0.05) is 0 Å². The molecular weight excluding hydrogens is 336 g/mol. The van der Waals surface area contributed by atoms with Gasteiger partial charge in [-0.2, -0.15) is 0 Å². The molecule has 0 aromatic heterocycles. The normalized spacial score (nSPS) is 12.3. The molecule has 0 nitrogen and oxygen atoms in total. The van der Waals surface area contributed by atoms with Gasteiger partial charge in [-0.25, -0.2) is 0 Å². The summed E-state index contributed by atoms with van der Waals surface area (Å²) in [5.41, 5.74) is 0. The summed E-state index contributed by atoms with van der Waals surface area (Å²) in [5, 5.41) is 16.5. The molecule has 7 rings (SSSR count). The third-order valence-corrected chi connectivity index (χ3v) is 6.37. The lowest BCUT2D eigenvalue weighted by atomic mass is 9.85. The van der Waals surface area contributed by atoms with Crippen LogP contribution >= 0.6 is 0 Å². The van der Waals surface area contributed by atoms with Crippen molar-refractivity contribution in [3.05, 3.63) is 118 Å². The maximum absolute atomic E-state index is 2.29. The monoisotopic (exact) mass is 352 g/mol. The van der Waals surface area contributed by atoms with Crippen molar-refractivity contribution in [1.82, 2.24) is 0 Å². The predicted molar refractivity (Wildman–Crippen MR) is 118 cm³/mol. The highest BCUT2D eigenvalue weighted by Crippen LogP contribution is 2.37. The van der Waals surface area contributed by atoms with Gasteiger partial charge in [0.25, 0.3) is 0 Å². The molecule has 0 N–H and O–H groups in total. The first-order chi connectivity index (χ1) is 13.9. The van der Waals surface area contributed by atoms with Crippen LogP contribution in [0, 0.1) is 20.9 Å². The van der Waals surface area contributed by atoms with Gasteiger partial charge in [0.15, 0.2) is 0 Å². The molecule has 0 spiro atoms. The largest absolute Gasteiger partial charge is 0.0616 e. The number of hydrogen-bond acceptors (Lipinski definition) is 0. The molecule has 1 aliphatic carbocycles. The summed E-state index contributed by atoms with van der Waals surface area (Å²) in [4.78, 5) is 0. The summed E-state index contributed by atoms with van der Waals surface area (Å²) in [6, 6.07) is 35.5. The van der Waals surface area contributed by atoms with Gasteiger partial charge in [-0.3, -0.25) is 0 Å². The average molecular weight is 352 g/mol. The Bertz CT molecular complexity index is 1510. The summed E-state index contributed by atoms with van der Waals surface area (Å²) in [5.74, 6) is 0. The van der Waals surface area contributed by atoms with E-state index in [1.165, 1.54) is 64.0 Å². The fraction of sp³-hybridized carbons (Fsp3) is 0. The van der Waals surface area contributed by atoms with Gasteiger partial charge < -0.3 is 0 Å². The van der Waals surface area contributed by atoms with Crippen molar-refractivity contribution >= 4 is 43.1 Å². The van der Waals surface area contributed by atoms with Crippen LogP contribution in [0.25, 0.3) is 43.1 Å². The van der Waals surface area contributed by atoms with Gasteiger partial charge in [0.05, 0.1) is 0 Å². The molecule has 0 heterocycles. The molecular formula is C28H16. The van der Waals surface area contributed by atoms with Crippen LogP contribution in [-0.2, 0) is 0 Å². The van der Waals surface area contributed by atoms with Crippen LogP contribution in [0.5, 0.6) is 0 Å². The van der Waals surface area contributed by atoms with Crippen molar-refractivity contribution in [3.8, 4) is 0 Å². The first kappa shape index (κ1) is 14.4. The molecule has 0 saturated carbocycles. The minimum atomic E-state index is 1.35. The summed E-state index contributed by atoms with van der Waals surface area (Å²) in [6.07, 6.45) is 0. The van der Waals surface area contributed by atoms with Crippen LogP contribution in [0.15, 0.2) is 97.1 Å². The fourth-order valence-corrected chi connectivity index (χ4v) is 5.26. The topological polar surface area (TPSA) is 0 Å². The summed E-state index contributed by atoms with van der Waals surface area (Å²) >= 11 is 0. The second-order valence-electron chi connectivity index (χ2n) is 7.68. The second kappa shape index (κ2) is 4.99. The molecule has 6 aromatic rings. The number of fused-ring (bicyclic) bond motifs is 12. The Balaban J connectivity index is 2.00. The molecule has 0 aliphatic heterocycles. The van der Waals surface area contributed by atoms with E-state index in [4.69, 9.17) is 0 Å². The second-order valence-corrected chi connectivity index (χ2v) is 7.68. The third-order valence-electron chi connectivity index (χ3n) is 6.37. The highest BCUT2D eigenvalue weighted by atomic mass is 14.2. The number of hydrogen-bond donors (Lipinski definition) is 0. The highest BCUT2D eigenvalue weighted by molar-refractivity contribution is 6.13. The van der Waals surface area contributed by atoms with Gasteiger partial charge in [0.2, 0.25) is 0 Å². The molecule has 0 radical (unpaired) electrons. The van der Waals surface area contributed by atoms with Gasteiger partial charge in [0.1, 0.15) is 0 Å². The lowest BCUT2D eigenvalue weighted by Gasteiger charge is -2.17. The van der Waals surface area contributed by atoms with E-state index in [1.807, 2.05) is 0 Å². The molecule has 28 heavy (non-hydrogen) atoms.